The Morgan fingerprint density at radius 3 is 2.44 bits per heavy atom. The Labute approximate surface area is 204 Å². The number of hydrogen-bond donors (Lipinski definition) is 3. The number of para-hydroxylation sites is 1. The smallest absolute Gasteiger partial charge is 0.365 e. The number of phenols is 1. The second-order valence-corrected chi connectivity index (χ2v) is 8.34. The summed E-state index contributed by atoms with van der Waals surface area (Å²) < 4.78 is 2.53. The Balaban J connectivity index is 1.50. The van der Waals surface area contributed by atoms with Gasteiger partial charge in [-0.3, -0.25) is 9.89 Å². The van der Waals surface area contributed by atoms with Crippen LogP contribution in [-0.4, -0.2) is 35.1 Å². The summed E-state index contributed by atoms with van der Waals surface area (Å²) in [5.41, 5.74) is 4.53. The van der Waals surface area contributed by atoms with E-state index in [9.17, 15) is 14.7 Å². The SMILES string of the molecule is Cc1ccc(-n2[nH]c(C)c(N=Nc3cccc(-c4cccc(-n5nn[nH]c5=O)c4)c3O)c2=O)cc1C. The van der Waals surface area contributed by atoms with Crippen LogP contribution in [0.25, 0.3) is 22.5 Å². The zero-order valence-corrected chi connectivity index (χ0v) is 19.7. The molecule has 0 saturated heterocycles. The number of benzene rings is 3. The number of aromatic nitrogens is 6. The number of nitrogens with zero attached hydrogens (tertiary/aromatic N) is 6. The molecule has 0 fully saturated rings. The normalized spacial score (nSPS) is 11.4. The first-order valence-electron chi connectivity index (χ1n) is 11.1. The quantitative estimate of drug-likeness (QED) is 0.322. The highest BCUT2D eigenvalue weighted by atomic mass is 16.3. The Morgan fingerprint density at radius 2 is 1.69 bits per heavy atom. The van der Waals surface area contributed by atoms with E-state index in [0.717, 1.165) is 15.8 Å². The molecule has 5 rings (SSSR count). The first-order chi connectivity index (χ1) is 17.3. The van der Waals surface area contributed by atoms with Crippen molar-refractivity contribution in [1.82, 2.24) is 30.0 Å². The maximum Gasteiger partial charge on any atom is 0.365 e. The highest BCUT2D eigenvalue weighted by molar-refractivity contribution is 5.77. The van der Waals surface area contributed by atoms with Crippen molar-refractivity contribution in [3.8, 4) is 28.3 Å². The summed E-state index contributed by atoms with van der Waals surface area (Å²) in [4.78, 5) is 24.9. The summed E-state index contributed by atoms with van der Waals surface area (Å²) in [5, 5.41) is 31.8. The number of phenolic OH excluding ortho intramolecular Hbond substituents is 1. The van der Waals surface area contributed by atoms with Crippen LogP contribution in [-0.2, 0) is 0 Å². The molecule has 5 aromatic rings. The van der Waals surface area contributed by atoms with E-state index in [-0.39, 0.29) is 22.7 Å². The first kappa shape index (κ1) is 22.7. The lowest BCUT2D eigenvalue weighted by atomic mass is 10.0. The minimum absolute atomic E-state index is 0.117. The van der Waals surface area contributed by atoms with Gasteiger partial charge in [0.1, 0.15) is 5.69 Å². The van der Waals surface area contributed by atoms with Gasteiger partial charge in [0.2, 0.25) is 0 Å². The average molecular weight is 483 g/mol. The summed E-state index contributed by atoms with van der Waals surface area (Å²) >= 11 is 0. The van der Waals surface area contributed by atoms with Crippen LogP contribution in [0.15, 0.2) is 80.5 Å². The molecular formula is C25H22N8O3. The highest BCUT2D eigenvalue weighted by Gasteiger charge is 2.15. The van der Waals surface area contributed by atoms with Crippen LogP contribution in [0.5, 0.6) is 5.75 Å². The lowest BCUT2D eigenvalue weighted by Gasteiger charge is -2.08. The molecule has 0 aliphatic carbocycles. The van der Waals surface area contributed by atoms with Crippen LogP contribution >= 0.6 is 0 Å². The number of aryl methyl sites for hydroxylation is 3. The molecular weight excluding hydrogens is 460 g/mol. The van der Waals surface area contributed by atoms with Crippen LogP contribution in [0.1, 0.15) is 16.8 Å². The molecule has 3 aromatic carbocycles. The van der Waals surface area contributed by atoms with Crippen LogP contribution in [0.2, 0.25) is 0 Å². The largest absolute Gasteiger partial charge is 0.505 e. The molecule has 0 saturated carbocycles. The van der Waals surface area contributed by atoms with Crippen molar-refractivity contribution in [3.63, 3.8) is 0 Å². The summed E-state index contributed by atoms with van der Waals surface area (Å²) in [6.07, 6.45) is 0. The van der Waals surface area contributed by atoms with Crippen molar-refractivity contribution < 1.29 is 5.11 Å². The van der Waals surface area contributed by atoms with Gasteiger partial charge in [0.05, 0.1) is 17.1 Å². The van der Waals surface area contributed by atoms with Crippen molar-refractivity contribution in [2.75, 3.05) is 0 Å². The molecule has 0 aliphatic rings. The minimum Gasteiger partial charge on any atom is -0.505 e. The molecule has 3 N–H and O–H groups in total. The fourth-order valence-electron chi connectivity index (χ4n) is 3.82. The fraction of sp³-hybridized carbons (Fsp3) is 0.120. The summed E-state index contributed by atoms with van der Waals surface area (Å²) in [6, 6.07) is 17.7. The van der Waals surface area contributed by atoms with Crippen LogP contribution in [0.3, 0.4) is 0 Å². The highest BCUT2D eigenvalue weighted by Crippen LogP contribution is 2.38. The fourth-order valence-corrected chi connectivity index (χ4v) is 3.82. The summed E-state index contributed by atoms with van der Waals surface area (Å²) in [5.74, 6) is -0.117. The Morgan fingerprint density at radius 1 is 0.889 bits per heavy atom. The third-order valence-corrected chi connectivity index (χ3v) is 5.94. The topological polar surface area (TPSA) is 146 Å². The molecule has 180 valence electrons. The summed E-state index contributed by atoms with van der Waals surface area (Å²) in [7, 11) is 0. The van der Waals surface area contributed by atoms with Crippen molar-refractivity contribution in [2.24, 2.45) is 10.2 Å². The Hall–Kier alpha value is -5.06. The Bertz CT molecular complexity index is 1740. The number of azo groups is 1. The molecule has 2 aromatic heterocycles. The van der Waals surface area contributed by atoms with Crippen LogP contribution in [0.4, 0.5) is 11.4 Å². The lowest BCUT2D eigenvalue weighted by molar-refractivity contribution is 0.478. The number of hydrogen-bond acceptors (Lipinski definition) is 7. The van der Waals surface area contributed by atoms with E-state index < -0.39 is 5.69 Å². The van der Waals surface area contributed by atoms with Crippen molar-refractivity contribution in [2.45, 2.75) is 20.8 Å². The molecule has 11 heteroatoms. The molecule has 0 spiro atoms. The molecule has 0 atom stereocenters. The number of H-pyrrole nitrogens is 2. The van der Waals surface area contributed by atoms with Gasteiger partial charge in [-0.1, -0.05) is 30.3 Å². The zero-order chi connectivity index (χ0) is 25.4. The minimum atomic E-state index is -0.479. The molecule has 36 heavy (non-hydrogen) atoms. The van der Waals surface area contributed by atoms with Gasteiger partial charge in [-0.05, 0) is 78.2 Å². The van der Waals surface area contributed by atoms with Gasteiger partial charge in [-0.15, -0.1) is 10.2 Å². The maximum atomic E-state index is 13.0. The molecule has 0 radical (unpaired) electrons. The first-order valence-corrected chi connectivity index (χ1v) is 11.1. The zero-order valence-electron chi connectivity index (χ0n) is 19.7. The van der Waals surface area contributed by atoms with E-state index in [2.05, 4.69) is 30.9 Å². The van der Waals surface area contributed by atoms with E-state index in [1.165, 1.54) is 4.68 Å². The van der Waals surface area contributed by atoms with Crippen molar-refractivity contribution in [1.29, 1.82) is 0 Å². The van der Waals surface area contributed by atoms with Gasteiger partial charge >= 0.3 is 5.69 Å². The third kappa shape index (κ3) is 4.02. The van der Waals surface area contributed by atoms with Gasteiger partial charge in [-0.25, -0.2) is 14.6 Å². The van der Waals surface area contributed by atoms with Gasteiger partial charge in [0.15, 0.2) is 11.4 Å². The van der Waals surface area contributed by atoms with E-state index in [1.54, 1.807) is 49.4 Å². The van der Waals surface area contributed by atoms with Crippen LogP contribution < -0.4 is 11.2 Å². The van der Waals surface area contributed by atoms with E-state index in [0.29, 0.717) is 28.2 Å². The standard InChI is InChI=1S/C25H22N8O3/c1-14-10-11-19(12-15(14)2)32-24(35)22(16(3)29-32)27-26-21-9-5-8-20(23(21)34)17-6-4-7-18(13-17)33-25(36)28-30-31-33/h4-13,29,34H,1-3H3,(H,28,31,36). The molecule has 0 bridgehead atoms. The van der Waals surface area contributed by atoms with Gasteiger partial charge in [0.25, 0.3) is 5.56 Å². The van der Waals surface area contributed by atoms with Gasteiger partial charge < -0.3 is 5.11 Å². The van der Waals surface area contributed by atoms with E-state index >= 15 is 0 Å². The predicted molar refractivity (Wildman–Crippen MR) is 134 cm³/mol. The molecule has 2 heterocycles. The summed E-state index contributed by atoms with van der Waals surface area (Å²) in [6.45, 7) is 5.73. The number of rotatable bonds is 5. The van der Waals surface area contributed by atoms with Crippen molar-refractivity contribution >= 4 is 11.4 Å². The number of nitrogens with one attached hydrogen (secondary N) is 2. The third-order valence-electron chi connectivity index (χ3n) is 5.94. The lowest BCUT2D eigenvalue weighted by Crippen LogP contribution is -2.15. The van der Waals surface area contributed by atoms with E-state index in [4.69, 9.17) is 0 Å². The van der Waals surface area contributed by atoms with Gasteiger partial charge in [0, 0.05) is 5.56 Å². The second kappa shape index (κ2) is 8.95. The number of tetrazole rings is 1. The van der Waals surface area contributed by atoms with Crippen LogP contribution in [0, 0.1) is 20.8 Å². The maximum absolute atomic E-state index is 13.0. The monoisotopic (exact) mass is 482 g/mol. The molecule has 0 aliphatic heterocycles. The molecule has 0 unspecified atom stereocenters. The average Bonchev–Trinajstić information content (AvgIpc) is 3.42. The van der Waals surface area contributed by atoms with Gasteiger partial charge in [-0.2, -0.15) is 4.68 Å². The second-order valence-electron chi connectivity index (χ2n) is 8.34. The Kier molecular flexibility index (Phi) is 5.65. The van der Waals surface area contributed by atoms with Crippen molar-refractivity contribution in [3.05, 3.63) is 98.3 Å². The van der Waals surface area contributed by atoms with E-state index in [1.807, 2.05) is 32.0 Å². The number of aromatic amines is 2. The molecule has 11 nitrogen and oxygen atoms in total. The predicted octanol–water partition coefficient (Wildman–Crippen LogP) is 4.15. The molecule has 0 amide bonds. The number of aromatic hydroxyl groups is 1.